The third kappa shape index (κ3) is 4.29. The van der Waals surface area contributed by atoms with Crippen molar-refractivity contribution in [2.75, 3.05) is 20.7 Å². The minimum absolute atomic E-state index is 0.159. The van der Waals surface area contributed by atoms with E-state index in [0.29, 0.717) is 12.1 Å². The van der Waals surface area contributed by atoms with Gasteiger partial charge in [-0.05, 0) is 64.0 Å². The zero-order valence-corrected chi connectivity index (χ0v) is 15.6. The fraction of sp³-hybridized carbons (Fsp3) is 0.500. The average molecular weight is 349 g/mol. The Bertz CT molecular complexity index is 672. The lowest BCUT2D eigenvalue weighted by molar-refractivity contribution is 0.00578. The third-order valence-electron chi connectivity index (χ3n) is 4.63. The maximum atomic E-state index is 13.9. The maximum absolute atomic E-state index is 13.9. The zero-order chi connectivity index (χ0) is 18.8. The number of hydrogen-bond acceptors (Lipinski definition) is 5. The fourth-order valence-corrected chi connectivity index (χ4v) is 2.55. The smallest absolute Gasteiger partial charge is 0.465 e. The van der Waals surface area contributed by atoms with Gasteiger partial charge in [0.1, 0.15) is 5.82 Å². The Balaban J connectivity index is 2.38. The summed E-state index contributed by atoms with van der Waals surface area (Å²) < 4.78 is 30.7. The van der Waals surface area contributed by atoms with E-state index in [4.69, 9.17) is 9.31 Å². The molecule has 1 aromatic rings. The van der Waals surface area contributed by atoms with Crippen LogP contribution in [0.2, 0.25) is 0 Å². The highest BCUT2D eigenvalue weighted by Crippen LogP contribution is 2.38. The first-order valence-corrected chi connectivity index (χ1v) is 8.19. The van der Waals surface area contributed by atoms with Crippen molar-refractivity contribution in [1.82, 2.24) is 5.32 Å². The Hall–Kier alpha value is -1.70. The van der Waals surface area contributed by atoms with Crippen LogP contribution in [0.3, 0.4) is 0 Å². The summed E-state index contributed by atoms with van der Waals surface area (Å²) in [5.41, 5.74) is 0.571. The van der Waals surface area contributed by atoms with Gasteiger partial charge in [0, 0.05) is 6.54 Å². The summed E-state index contributed by atoms with van der Waals surface area (Å²) in [6, 6.07) is 4.08. The first kappa shape index (κ1) is 19.6. The highest BCUT2D eigenvalue weighted by atomic mass is 19.1. The molecule has 2 rings (SSSR count). The lowest BCUT2D eigenvalue weighted by Gasteiger charge is -2.32. The van der Waals surface area contributed by atoms with Crippen molar-refractivity contribution in [3.05, 3.63) is 40.6 Å². The Morgan fingerprint density at radius 1 is 1.24 bits per heavy atom. The van der Waals surface area contributed by atoms with Gasteiger partial charge < -0.3 is 19.4 Å². The van der Waals surface area contributed by atoms with Crippen LogP contribution in [-0.4, -0.2) is 45.0 Å². The van der Waals surface area contributed by atoms with Gasteiger partial charge in [0.05, 0.1) is 23.9 Å². The second-order valence-electron chi connectivity index (χ2n) is 7.10. The molecule has 0 amide bonds. The molecule has 25 heavy (non-hydrogen) atoms. The number of nitrogens with one attached hydrogen (secondary N) is 1. The summed E-state index contributed by atoms with van der Waals surface area (Å²) >= 11 is 0. The van der Waals surface area contributed by atoms with E-state index in [0.717, 1.165) is 11.5 Å². The molecule has 1 saturated heterocycles. The molecule has 0 aromatic heterocycles. The number of halogens is 1. The second kappa shape index (κ2) is 7.27. The van der Waals surface area contributed by atoms with E-state index in [1.807, 2.05) is 34.7 Å². The van der Waals surface area contributed by atoms with Crippen LogP contribution in [-0.2, 0) is 14.0 Å². The van der Waals surface area contributed by atoms with E-state index >= 15 is 0 Å². The molecule has 0 aliphatic carbocycles. The van der Waals surface area contributed by atoms with Gasteiger partial charge in [-0.3, -0.25) is 0 Å². The number of esters is 1. The molecule has 1 fully saturated rings. The largest absolute Gasteiger partial charge is 0.491 e. The normalized spacial score (nSPS) is 19.2. The van der Waals surface area contributed by atoms with Crippen LogP contribution in [0.25, 0.3) is 6.08 Å². The van der Waals surface area contributed by atoms with Crippen LogP contribution in [0.5, 0.6) is 0 Å². The molecule has 1 heterocycles. The van der Waals surface area contributed by atoms with E-state index in [-0.39, 0.29) is 5.56 Å². The molecule has 0 bridgehead atoms. The van der Waals surface area contributed by atoms with Crippen LogP contribution < -0.4 is 5.32 Å². The van der Waals surface area contributed by atoms with Crippen LogP contribution in [0.4, 0.5) is 4.39 Å². The van der Waals surface area contributed by atoms with Crippen molar-refractivity contribution in [3.8, 4) is 0 Å². The third-order valence-corrected chi connectivity index (χ3v) is 4.63. The summed E-state index contributed by atoms with van der Waals surface area (Å²) in [6.07, 6.45) is 1.77. The summed E-state index contributed by atoms with van der Waals surface area (Å²) in [7, 11) is 2.52. The highest BCUT2D eigenvalue weighted by molar-refractivity contribution is 6.55. The van der Waals surface area contributed by atoms with Crippen molar-refractivity contribution < 1.29 is 23.2 Å². The average Bonchev–Trinajstić information content (AvgIpc) is 2.73. The molecule has 1 aromatic carbocycles. The molecule has 0 saturated carbocycles. The summed E-state index contributed by atoms with van der Waals surface area (Å²) in [4.78, 5) is 11.7. The maximum Gasteiger partial charge on any atom is 0.491 e. The first-order valence-electron chi connectivity index (χ1n) is 8.19. The molecule has 0 unspecified atom stereocenters. The molecule has 0 spiro atoms. The predicted molar refractivity (Wildman–Crippen MR) is 95.7 cm³/mol. The topological polar surface area (TPSA) is 56.8 Å². The predicted octanol–water partition coefficient (Wildman–Crippen LogP) is 2.85. The molecule has 136 valence electrons. The van der Waals surface area contributed by atoms with Crippen molar-refractivity contribution in [3.63, 3.8) is 0 Å². The monoisotopic (exact) mass is 349 g/mol. The Morgan fingerprint density at radius 3 is 2.36 bits per heavy atom. The lowest BCUT2D eigenvalue weighted by Crippen LogP contribution is -2.41. The van der Waals surface area contributed by atoms with Crippen LogP contribution >= 0.6 is 0 Å². The minimum Gasteiger partial charge on any atom is -0.465 e. The number of ether oxygens (including phenoxy) is 1. The number of benzene rings is 1. The van der Waals surface area contributed by atoms with Gasteiger partial charge in [0.25, 0.3) is 0 Å². The Labute approximate surface area is 148 Å². The quantitative estimate of drug-likeness (QED) is 0.654. The summed E-state index contributed by atoms with van der Waals surface area (Å²) in [5.74, 6) is -1.09. The van der Waals surface area contributed by atoms with E-state index in [2.05, 4.69) is 10.1 Å². The number of methoxy groups -OCH3 is 1. The van der Waals surface area contributed by atoms with Crippen molar-refractivity contribution in [2.24, 2.45) is 0 Å². The van der Waals surface area contributed by atoms with Gasteiger partial charge in [0.2, 0.25) is 0 Å². The first-order chi connectivity index (χ1) is 11.6. The lowest BCUT2D eigenvalue weighted by atomic mass is 9.77. The molecule has 1 aliphatic heterocycles. The minimum atomic E-state index is -0.583. The number of carbonyl (C=O) groups excluding carboxylic acids is 1. The van der Waals surface area contributed by atoms with Gasteiger partial charge in [-0.1, -0.05) is 6.08 Å². The standard InChI is InChI=1S/C18H25BFNO4/c1-17(2)18(3,4)25-19(24-17)14(11-21-5)8-12-7-13(16(22)23-6)10-15(20)9-12/h7-10,21H,11H2,1-6H3. The van der Waals surface area contributed by atoms with Crippen molar-refractivity contribution in [1.29, 1.82) is 0 Å². The molecular formula is C18H25BFNO4. The van der Waals surface area contributed by atoms with Crippen molar-refractivity contribution in [2.45, 2.75) is 38.9 Å². The Morgan fingerprint density at radius 2 is 1.84 bits per heavy atom. The molecule has 1 N–H and O–H groups in total. The number of hydrogen-bond donors (Lipinski definition) is 1. The molecule has 0 atom stereocenters. The highest BCUT2D eigenvalue weighted by Gasteiger charge is 2.52. The molecule has 7 heteroatoms. The summed E-state index contributed by atoms with van der Waals surface area (Å²) in [5, 5.41) is 3.07. The van der Waals surface area contributed by atoms with Gasteiger partial charge in [-0.2, -0.15) is 0 Å². The zero-order valence-electron chi connectivity index (χ0n) is 15.6. The molecular weight excluding hydrogens is 324 g/mol. The summed E-state index contributed by atoms with van der Waals surface area (Å²) in [6.45, 7) is 8.40. The molecule has 0 radical (unpaired) electrons. The molecule has 1 aliphatic rings. The van der Waals surface area contributed by atoms with Crippen LogP contribution in [0.1, 0.15) is 43.6 Å². The van der Waals surface area contributed by atoms with Crippen LogP contribution in [0.15, 0.2) is 23.7 Å². The van der Waals surface area contributed by atoms with E-state index in [1.165, 1.54) is 13.2 Å². The van der Waals surface area contributed by atoms with Gasteiger partial charge in [-0.15, -0.1) is 0 Å². The molecule has 5 nitrogen and oxygen atoms in total. The Kier molecular flexibility index (Phi) is 5.71. The second-order valence-corrected chi connectivity index (χ2v) is 7.10. The fourth-order valence-electron chi connectivity index (χ4n) is 2.55. The van der Waals surface area contributed by atoms with Crippen LogP contribution in [0, 0.1) is 5.82 Å². The van der Waals surface area contributed by atoms with E-state index in [9.17, 15) is 9.18 Å². The van der Waals surface area contributed by atoms with Gasteiger partial charge in [0.15, 0.2) is 0 Å². The van der Waals surface area contributed by atoms with Gasteiger partial charge in [-0.25, -0.2) is 9.18 Å². The van der Waals surface area contributed by atoms with E-state index in [1.54, 1.807) is 12.1 Å². The number of rotatable bonds is 5. The van der Waals surface area contributed by atoms with Gasteiger partial charge >= 0.3 is 13.1 Å². The number of likely N-dealkylation sites (N-methyl/N-ethyl adjacent to an activating group) is 1. The van der Waals surface area contributed by atoms with Crippen molar-refractivity contribution >= 4 is 19.2 Å². The SMILES string of the molecule is CNCC(=Cc1cc(F)cc(C(=O)OC)c1)B1OC(C)(C)C(C)(C)O1. The van der Waals surface area contributed by atoms with E-state index < -0.39 is 30.1 Å². The number of carbonyl (C=O) groups is 1.